The molecule has 0 saturated heterocycles. The lowest BCUT2D eigenvalue weighted by Gasteiger charge is -2.09. The summed E-state index contributed by atoms with van der Waals surface area (Å²) >= 11 is 0. The van der Waals surface area contributed by atoms with E-state index in [9.17, 15) is 19.2 Å². The Kier molecular flexibility index (Phi) is 4.42. The van der Waals surface area contributed by atoms with E-state index in [0.717, 1.165) is 17.0 Å². The maximum Gasteiger partial charge on any atom is 0.345 e. The minimum Gasteiger partial charge on any atom is -0.452 e. The van der Waals surface area contributed by atoms with E-state index in [-0.39, 0.29) is 0 Å². The summed E-state index contributed by atoms with van der Waals surface area (Å²) in [4.78, 5) is 50.3. The van der Waals surface area contributed by atoms with Crippen molar-refractivity contribution in [1.82, 2.24) is 9.97 Å². The third-order valence-corrected chi connectivity index (χ3v) is 3.44. The number of aromatic amines is 2. The molecule has 0 atom stereocenters. The molecule has 0 aliphatic heterocycles. The van der Waals surface area contributed by atoms with E-state index in [1.165, 1.54) is 0 Å². The van der Waals surface area contributed by atoms with Crippen LogP contribution in [0.3, 0.4) is 0 Å². The van der Waals surface area contributed by atoms with Crippen LogP contribution in [0.2, 0.25) is 0 Å². The van der Waals surface area contributed by atoms with Crippen LogP contribution in [0.25, 0.3) is 10.8 Å². The number of aromatic nitrogens is 2. The van der Waals surface area contributed by atoms with Gasteiger partial charge in [-0.1, -0.05) is 36.4 Å². The van der Waals surface area contributed by atoms with Gasteiger partial charge in [-0.2, -0.15) is 0 Å². The lowest BCUT2D eigenvalue weighted by Crippen LogP contribution is -2.29. The molecule has 2 aromatic carbocycles. The number of esters is 1. The number of hydrogen-bond acceptors (Lipinski definition) is 5. The second-order valence-corrected chi connectivity index (χ2v) is 5.14. The molecule has 1 aromatic heterocycles. The van der Waals surface area contributed by atoms with Gasteiger partial charge in [0.1, 0.15) is 5.56 Å². The molecular weight excluding hydrogens is 326 g/mol. The van der Waals surface area contributed by atoms with Crippen LogP contribution in [0, 0.1) is 0 Å². The van der Waals surface area contributed by atoms with Crippen molar-refractivity contribution in [2.24, 2.45) is 0 Å². The quantitative estimate of drug-likeness (QED) is 0.613. The van der Waals surface area contributed by atoms with Crippen LogP contribution in [-0.2, 0) is 9.53 Å². The molecule has 1 heterocycles. The van der Waals surface area contributed by atoms with Crippen LogP contribution in [0.4, 0.5) is 5.69 Å². The summed E-state index contributed by atoms with van der Waals surface area (Å²) in [6, 6.07) is 12.9. The van der Waals surface area contributed by atoms with Gasteiger partial charge < -0.3 is 15.0 Å². The second kappa shape index (κ2) is 6.83. The molecule has 0 spiro atoms. The second-order valence-electron chi connectivity index (χ2n) is 5.14. The van der Waals surface area contributed by atoms with Gasteiger partial charge in [0, 0.05) is 17.3 Å². The van der Waals surface area contributed by atoms with Gasteiger partial charge in [-0.25, -0.2) is 9.59 Å². The fourth-order valence-corrected chi connectivity index (χ4v) is 2.29. The molecule has 0 unspecified atom stereocenters. The number of ether oxygens (including phenoxy) is 1. The Balaban J connectivity index is 1.67. The predicted octanol–water partition coefficient (Wildman–Crippen LogP) is 1.01. The highest BCUT2D eigenvalue weighted by molar-refractivity contribution is 6.03. The summed E-state index contributed by atoms with van der Waals surface area (Å²) in [5.41, 5.74) is -1.43. The van der Waals surface area contributed by atoms with Gasteiger partial charge in [-0.3, -0.25) is 14.6 Å². The summed E-state index contributed by atoms with van der Waals surface area (Å²) in [7, 11) is 0. The Labute approximate surface area is 140 Å². The number of rotatable bonds is 4. The minimum atomic E-state index is -1.01. The number of amides is 1. The Morgan fingerprint density at radius 2 is 1.80 bits per heavy atom. The van der Waals surface area contributed by atoms with Gasteiger partial charge in [0.15, 0.2) is 6.61 Å². The first-order valence-electron chi connectivity index (χ1n) is 7.31. The molecule has 0 saturated carbocycles. The van der Waals surface area contributed by atoms with Crippen molar-refractivity contribution < 1.29 is 14.3 Å². The molecule has 0 bridgehead atoms. The van der Waals surface area contributed by atoms with E-state index in [2.05, 4.69) is 10.3 Å². The zero-order valence-electron chi connectivity index (χ0n) is 12.9. The fraction of sp³-hybridized carbons (Fsp3) is 0.0588. The lowest BCUT2D eigenvalue weighted by atomic mass is 10.1. The maximum atomic E-state index is 12.0. The van der Waals surface area contributed by atoms with Gasteiger partial charge in [-0.05, 0) is 11.5 Å². The van der Waals surface area contributed by atoms with Gasteiger partial charge >= 0.3 is 11.7 Å². The zero-order valence-corrected chi connectivity index (χ0v) is 12.9. The molecule has 3 N–H and O–H groups in total. The monoisotopic (exact) mass is 339 g/mol. The Morgan fingerprint density at radius 1 is 1.04 bits per heavy atom. The summed E-state index contributed by atoms with van der Waals surface area (Å²) in [6.45, 7) is -0.569. The molecule has 126 valence electrons. The SMILES string of the molecule is O=C(COC(=O)c1c[nH]c(=O)[nH]c1=O)Nc1cccc2ccccc12. The largest absolute Gasteiger partial charge is 0.452 e. The summed E-state index contributed by atoms with van der Waals surface area (Å²) in [5, 5.41) is 4.46. The highest BCUT2D eigenvalue weighted by atomic mass is 16.5. The Bertz CT molecular complexity index is 1060. The topological polar surface area (TPSA) is 121 Å². The third kappa shape index (κ3) is 3.63. The van der Waals surface area contributed by atoms with E-state index in [1.807, 2.05) is 35.3 Å². The first-order valence-corrected chi connectivity index (χ1v) is 7.31. The molecule has 0 aliphatic carbocycles. The first-order chi connectivity index (χ1) is 12.0. The lowest BCUT2D eigenvalue weighted by molar-refractivity contribution is -0.119. The number of anilines is 1. The normalized spacial score (nSPS) is 10.4. The zero-order chi connectivity index (χ0) is 17.8. The van der Waals surface area contributed by atoms with Crippen molar-refractivity contribution in [3.63, 3.8) is 0 Å². The van der Waals surface area contributed by atoms with Crippen molar-refractivity contribution in [2.45, 2.75) is 0 Å². The molecule has 0 fully saturated rings. The number of nitrogens with one attached hydrogen (secondary N) is 3. The van der Waals surface area contributed by atoms with Crippen LogP contribution in [0.15, 0.2) is 58.3 Å². The van der Waals surface area contributed by atoms with E-state index in [0.29, 0.717) is 5.69 Å². The summed E-state index contributed by atoms with van der Waals surface area (Å²) in [6.07, 6.45) is 0.937. The van der Waals surface area contributed by atoms with E-state index >= 15 is 0 Å². The molecule has 8 nitrogen and oxygen atoms in total. The minimum absolute atomic E-state index is 0.391. The molecule has 8 heteroatoms. The summed E-state index contributed by atoms with van der Waals surface area (Å²) < 4.78 is 4.80. The number of hydrogen-bond donors (Lipinski definition) is 3. The average Bonchev–Trinajstić information content (AvgIpc) is 2.60. The molecule has 0 aliphatic rings. The van der Waals surface area contributed by atoms with Gasteiger partial charge in [0.25, 0.3) is 11.5 Å². The third-order valence-electron chi connectivity index (χ3n) is 3.44. The molecule has 3 aromatic rings. The van der Waals surface area contributed by atoms with Crippen molar-refractivity contribution in [1.29, 1.82) is 0 Å². The highest BCUT2D eigenvalue weighted by Crippen LogP contribution is 2.22. The van der Waals surface area contributed by atoms with Crippen LogP contribution >= 0.6 is 0 Å². The van der Waals surface area contributed by atoms with Crippen molar-refractivity contribution in [3.8, 4) is 0 Å². The van der Waals surface area contributed by atoms with Crippen LogP contribution in [0.1, 0.15) is 10.4 Å². The van der Waals surface area contributed by atoms with Gasteiger partial charge in [-0.15, -0.1) is 0 Å². The molecule has 3 rings (SSSR count). The average molecular weight is 339 g/mol. The predicted molar refractivity (Wildman–Crippen MR) is 90.5 cm³/mol. The number of carbonyl (C=O) groups excluding carboxylic acids is 2. The molecular formula is C17H13N3O5. The van der Waals surface area contributed by atoms with Crippen molar-refractivity contribution in [3.05, 3.63) is 75.1 Å². The maximum absolute atomic E-state index is 12.0. The Morgan fingerprint density at radius 3 is 2.60 bits per heavy atom. The number of H-pyrrole nitrogens is 2. The van der Waals surface area contributed by atoms with Gasteiger partial charge in [0.05, 0.1) is 0 Å². The molecule has 25 heavy (non-hydrogen) atoms. The standard InChI is InChI=1S/C17H13N3O5/c21-14(9-25-16(23)12-8-18-17(24)20-15(12)22)19-13-7-3-5-10-4-1-2-6-11(10)13/h1-8H,9H2,(H,19,21)(H2,18,20,22,24). The number of benzene rings is 2. The van der Waals surface area contributed by atoms with Crippen LogP contribution in [0.5, 0.6) is 0 Å². The molecule has 1 amide bonds. The highest BCUT2D eigenvalue weighted by Gasteiger charge is 2.15. The van der Waals surface area contributed by atoms with Crippen molar-refractivity contribution >= 4 is 28.3 Å². The van der Waals surface area contributed by atoms with Crippen molar-refractivity contribution in [2.75, 3.05) is 11.9 Å². The van der Waals surface area contributed by atoms with Gasteiger partial charge in [0.2, 0.25) is 0 Å². The molecule has 0 radical (unpaired) electrons. The first kappa shape index (κ1) is 16.2. The fourth-order valence-electron chi connectivity index (χ4n) is 2.29. The Hall–Kier alpha value is -3.68. The van der Waals surface area contributed by atoms with Crippen LogP contribution < -0.4 is 16.6 Å². The van der Waals surface area contributed by atoms with Crippen LogP contribution in [-0.4, -0.2) is 28.5 Å². The van der Waals surface area contributed by atoms with E-state index in [4.69, 9.17) is 4.74 Å². The smallest absolute Gasteiger partial charge is 0.345 e. The van der Waals surface area contributed by atoms with E-state index < -0.39 is 35.3 Å². The van der Waals surface area contributed by atoms with E-state index in [1.54, 1.807) is 12.1 Å². The summed E-state index contributed by atoms with van der Waals surface area (Å²) in [5.74, 6) is -1.56. The number of carbonyl (C=O) groups is 2. The number of fused-ring (bicyclic) bond motifs is 1.